The van der Waals surface area contributed by atoms with Crippen LogP contribution >= 0.6 is 0 Å². The molecule has 0 aliphatic carbocycles. The van der Waals surface area contributed by atoms with Crippen molar-refractivity contribution >= 4 is 11.8 Å². The number of hydrogen-bond acceptors (Lipinski definition) is 5. The number of nitrogens with one attached hydrogen (secondary N) is 1. The van der Waals surface area contributed by atoms with E-state index in [4.69, 9.17) is 4.74 Å². The summed E-state index contributed by atoms with van der Waals surface area (Å²) < 4.78 is 7.21. The summed E-state index contributed by atoms with van der Waals surface area (Å²) in [7, 11) is 3.48. The van der Waals surface area contributed by atoms with Crippen molar-refractivity contribution in [2.45, 2.75) is 25.3 Å². The smallest absolute Gasteiger partial charge is 0.254 e. The van der Waals surface area contributed by atoms with Crippen LogP contribution in [0.1, 0.15) is 40.5 Å². The number of carbonyl (C=O) groups is 2. The van der Waals surface area contributed by atoms with Gasteiger partial charge in [-0.3, -0.25) is 19.2 Å². The summed E-state index contributed by atoms with van der Waals surface area (Å²) in [5.74, 6) is 0.494. The van der Waals surface area contributed by atoms with Crippen LogP contribution in [0.25, 0.3) is 0 Å². The Kier molecular flexibility index (Phi) is 7.22. The molecule has 0 radical (unpaired) electrons. The fourth-order valence-electron chi connectivity index (χ4n) is 4.79. The lowest BCUT2D eigenvalue weighted by atomic mass is 9.90. The molecule has 32 heavy (non-hydrogen) atoms. The molecule has 0 bridgehead atoms. The third kappa shape index (κ3) is 5.02. The van der Waals surface area contributed by atoms with Gasteiger partial charge in [0, 0.05) is 46.5 Å². The van der Waals surface area contributed by atoms with Crippen LogP contribution in [-0.4, -0.2) is 77.8 Å². The Morgan fingerprint density at radius 1 is 1.12 bits per heavy atom. The van der Waals surface area contributed by atoms with Crippen molar-refractivity contribution in [2.24, 2.45) is 13.0 Å². The zero-order valence-electron chi connectivity index (χ0n) is 19.0. The zero-order chi connectivity index (χ0) is 22.5. The number of morpholine rings is 1. The molecule has 8 heteroatoms. The summed E-state index contributed by atoms with van der Waals surface area (Å²) in [6.45, 7) is 4.33. The molecular formula is C24H33N5O3. The molecule has 3 heterocycles. The first-order valence-corrected chi connectivity index (χ1v) is 11.5. The van der Waals surface area contributed by atoms with E-state index in [1.54, 1.807) is 17.9 Å². The number of rotatable bonds is 6. The number of piperidine rings is 1. The number of carbonyl (C=O) groups excluding carboxylic acids is 2. The minimum absolute atomic E-state index is 0.100. The van der Waals surface area contributed by atoms with Crippen LogP contribution in [0, 0.1) is 5.92 Å². The largest absolute Gasteiger partial charge is 0.379 e. The Labute approximate surface area is 189 Å². The van der Waals surface area contributed by atoms with Crippen molar-refractivity contribution in [1.82, 2.24) is 24.9 Å². The summed E-state index contributed by atoms with van der Waals surface area (Å²) in [4.78, 5) is 30.0. The van der Waals surface area contributed by atoms with Crippen molar-refractivity contribution in [3.63, 3.8) is 0 Å². The van der Waals surface area contributed by atoms with Gasteiger partial charge in [-0.15, -0.1) is 0 Å². The van der Waals surface area contributed by atoms with E-state index < -0.39 is 0 Å². The second-order valence-electron chi connectivity index (χ2n) is 8.68. The van der Waals surface area contributed by atoms with Gasteiger partial charge in [-0.2, -0.15) is 5.10 Å². The van der Waals surface area contributed by atoms with Crippen LogP contribution in [0.3, 0.4) is 0 Å². The number of benzene rings is 1. The third-order valence-electron chi connectivity index (χ3n) is 6.55. The van der Waals surface area contributed by atoms with Crippen LogP contribution < -0.4 is 5.32 Å². The number of aromatic nitrogens is 2. The molecule has 2 amide bonds. The van der Waals surface area contributed by atoms with Gasteiger partial charge in [-0.25, -0.2) is 0 Å². The molecule has 0 unspecified atom stereocenters. The number of ether oxygens (including phenoxy) is 1. The Morgan fingerprint density at radius 2 is 1.81 bits per heavy atom. The molecule has 2 aliphatic rings. The first-order chi connectivity index (χ1) is 15.6. The molecule has 0 spiro atoms. The van der Waals surface area contributed by atoms with E-state index in [1.807, 2.05) is 42.3 Å². The van der Waals surface area contributed by atoms with E-state index in [1.165, 1.54) is 0 Å². The average molecular weight is 440 g/mol. The van der Waals surface area contributed by atoms with E-state index in [9.17, 15) is 9.59 Å². The second-order valence-corrected chi connectivity index (χ2v) is 8.68. The molecular weight excluding hydrogens is 406 g/mol. The highest BCUT2D eigenvalue weighted by molar-refractivity contribution is 5.94. The lowest BCUT2D eigenvalue weighted by Crippen LogP contribution is -2.49. The molecule has 8 nitrogen and oxygen atoms in total. The third-order valence-corrected chi connectivity index (χ3v) is 6.55. The highest BCUT2D eigenvalue weighted by atomic mass is 16.5. The molecule has 2 aliphatic heterocycles. The second kappa shape index (κ2) is 10.3. The Balaban J connectivity index is 1.41. The highest BCUT2D eigenvalue weighted by Crippen LogP contribution is 2.28. The van der Waals surface area contributed by atoms with Gasteiger partial charge in [0.05, 0.1) is 24.5 Å². The van der Waals surface area contributed by atoms with E-state index in [0.29, 0.717) is 24.7 Å². The molecule has 1 aromatic carbocycles. The minimum atomic E-state index is -0.257. The molecule has 1 atom stereocenters. The van der Waals surface area contributed by atoms with Crippen molar-refractivity contribution in [1.29, 1.82) is 0 Å². The van der Waals surface area contributed by atoms with Crippen LogP contribution in [0.2, 0.25) is 0 Å². The number of amides is 2. The van der Waals surface area contributed by atoms with Gasteiger partial charge in [-0.05, 0) is 30.7 Å². The van der Waals surface area contributed by atoms with Gasteiger partial charge in [0.2, 0.25) is 5.91 Å². The first-order valence-electron chi connectivity index (χ1n) is 11.5. The SMILES string of the molecule is CNC(=O)c1cn(C)nc1CC1CCN(C(=O)[C@H](c2ccccc2)N2CCOCC2)CC1. The summed E-state index contributed by atoms with van der Waals surface area (Å²) in [6, 6.07) is 9.82. The van der Waals surface area contributed by atoms with Crippen LogP contribution in [0.4, 0.5) is 0 Å². The lowest BCUT2D eigenvalue weighted by Gasteiger charge is -2.39. The molecule has 4 rings (SSSR count). The molecule has 2 aromatic rings. The van der Waals surface area contributed by atoms with Crippen molar-refractivity contribution in [3.05, 3.63) is 53.3 Å². The van der Waals surface area contributed by atoms with E-state index in [0.717, 1.165) is 56.7 Å². The molecule has 172 valence electrons. The van der Waals surface area contributed by atoms with E-state index in [-0.39, 0.29) is 17.9 Å². The monoisotopic (exact) mass is 439 g/mol. The van der Waals surface area contributed by atoms with Gasteiger partial charge in [0.1, 0.15) is 6.04 Å². The first kappa shape index (κ1) is 22.5. The van der Waals surface area contributed by atoms with Crippen LogP contribution in [0.5, 0.6) is 0 Å². The van der Waals surface area contributed by atoms with Crippen LogP contribution in [0.15, 0.2) is 36.5 Å². The van der Waals surface area contributed by atoms with Gasteiger partial charge >= 0.3 is 0 Å². The Morgan fingerprint density at radius 3 is 2.47 bits per heavy atom. The van der Waals surface area contributed by atoms with Gasteiger partial charge in [0.15, 0.2) is 0 Å². The minimum Gasteiger partial charge on any atom is -0.379 e. The van der Waals surface area contributed by atoms with E-state index in [2.05, 4.69) is 15.3 Å². The molecule has 1 aromatic heterocycles. The maximum absolute atomic E-state index is 13.6. The molecule has 2 saturated heterocycles. The van der Waals surface area contributed by atoms with Crippen molar-refractivity contribution in [3.8, 4) is 0 Å². The maximum atomic E-state index is 13.6. The predicted molar refractivity (Wildman–Crippen MR) is 121 cm³/mol. The quantitative estimate of drug-likeness (QED) is 0.740. The van der Waals surface area contributed by atoms with Gasteiger partial charge < -0.3 is 15.0 Å². The standard InChI is InChI=1S/C24H33N5O3/c1-25-23(30)20-17-27(2)26-21(20)16-18-8-10-29(11-9-18)24(31)22(19-6-4-3-5-7-19)28-12-14-32-15-13-28/h3-7,17-18,22H,8-16H2,1-2H3,(H,25,30)/t22-/m0/s1. The number of nitrogens with zero attached hydrogens (tertiary/aromatic N) is 4. The summed E-state index contributed by atoms with van der Waals surface area (Å²) in [6.07, 6.45) is 4.37. The van der Waals surface area contributed by atoms with Gasteiger partial charge in [-0.1, -0.05) is 30.3 Å². The Bertz CT molecular complexity index is 915. The zero-order valence-corrected chi connectivity index (χ0v) is 19.0. The summed E-state index contributed by atoms with van der Waals surface area (Å²) >= 11 is 0. The van der Waals surface area contributed by atoms with Crippen molar-refractivity contribution < 1.29 is 14.3 Å². The average Bonchev–Trinajstić information content (AvgIpc) is 3.20. The van der Waals surface area contributed by atoms with Crippen molar-refractivity contribution in [2.75, 3.05) is 46.4 Å². The number of aryl methyl sites for hydroxylation is 1. The summed E-state index contributed by atoms with van der Waals surface area (Å²) in [5, 5.41) is 7.21. The normalized spacial score (nSPS) is 19.0. The fraction of sp³-hybridized carbons (Fsp3) is 0.542. The lowest BCUT2D eigenvalue weighted by molar-refractivity contribution is -0.140. The predicted octanol–water partition coefficient (Wildman–Crippen LogP) is 1.63. The van der Waals surface area contributed by atoms with Crippen LogP contribution in [-0.2, 0) is 23.0 Å². The van der Waals surface area contributed by atoms with E-state index >= 15 is 0 Å². The molecule has 1 N–H and O–H groups in total. The number of likely N-dealkylation sites (tertiary alicyclic amines) is 1. The topological polar surface area (TPSA) is 79.7 Å². The molecule has 0 saturated carbocycles. The Hall–Kier alpha value is -2.71. The number of hydrogen-bond donors (Lipinski definition) is 1. The maximum Gasteiger partial charge on any atom is 0.254 e. The highest BCUT2D eigenvalue weighted by Gasteiger charge is 2.34. The summed E-state index contributed by atoms with van der Waals surface area (Å²) in [5.41, 5.74) is 2.53. The molecule has 2 fully saturated rings. The fourth-order valence-corrected chi connectivity index (χ4v) is 4.79. The van der Waals surface area contributed by atoms with Gasteiger partial charge in [0.25, 0.3) is 5.91 Å².